The van der Waals surface area contributed by atoms with E-state index in [1.165, 1.54) is 6.07 Å². The summed E-state index contributed by atoms with van der Waals surface area (Å²) in [4.78, 5) is 14.5. The van der Waals surface area contributed by atoms with Crippen LogP contribution in [0, 0.1) is 5.82 Å². The minimum absolute atomic E-state index is 0.310. The van der Waals surface area contributed by atoms with Crippen LogP contribution in [0.1, 0.15) is 17.3 Å². The van der Waals surface area contributed by atoms with Gasteiger partial charge in [0, 0.05) is 22.9 Å². The summed E-state index contributed by atoms with van der Waals surface area (Å²) in [5.41, 5.74) is 1.33. The van der Waals surface area contributed by atoms with Gasteiger partial charge in [-0.2, -0.15) is 0 Å². The molecular weight excluding hydrogens is 233 g/mol. The molecule has 0 fully saturated rings. The van der Waals surface area contributed by atoms with E-state index in [0.29, 0.717) is 35.3 Å². The molecule has 18 heavy (non-hydrogen) atoms. The predicted molar refractivity (Wildman–Crippen MR) is 66.2 cm³/mol. The Kier molecular flexibility index (Phi) is 3.67. The topological polar surface area (TPSA) is 39.2 Å². The molecular formula is C14H12FNO2. The highest BCUT2D eigenvalue weighted by molar-refractivity contribution is 5.77. The largest absolute Gasteiger partial charge is 0.492 e. The lowest BCUT2D eigenvalue weighted by molar-refractivity contribution is 0.112. The van der Waals surface area contributed by atoms with Crippen LogP contribution in [0.3, 0.4) is 0 Å². The number of ether oxygens (including phenoxy) is 1. The number of carbonyl (C=O) groups is 1. The first-order chi connectivity index (χ1) is 8.74. The molecule has 0 amide bonds. The molecule has 1 aromatic carbocycles. The summed E-state index contributed by atoms with van der Waals surface area (Å²) in [6, 6.07) is 6.05. The maximum atomic E-state index is 13.8. The van der Waals surface area contributed by atoms with Crippen molar-refractivity contribution in [3.63, 3.8) is 0 Å². The van der Waals surface area contributed by atoms with Crippen LogP contribution in [0.15, 0.2) is 36.7 Å². The Bertz CT molecular complexity index is 569. The van der Waals surface area contributed by atoms with Crippen molar-refractivity contribution >= 4 is 6.29 Å². The van der Waals surface area contributed by atoms with E-state index in [-0.39, 0.29) is 0 Å². The number of hydrogen-bond donors (Lipinski definition) is 0. The van der Waals surface area contributed by atoms with Crippen molar-refractivity contribution in [2.45, 2.75) is 6.92 Å². The minimum Gasteiger partial charge on any atom is -0.492 e. The van der Waals surface area contributed by atoms with Crippen LogP contribution in [0.2, 0.25) is 0 Å². The third-order valence-electron chi connectivity index (χ3n) is 2.46. The van der Waals surface area contributed by atoms with Gasteiger partial charge < -0.3 is 4.74 Å². The number of hydrogen-bond acceptors (Lipinski definition) is 3. The lowest BCUT2D eigenvalue weighted by Gasteiger charge is -2.06. The van der Waals surface area contributed by atoms with Crippen molar-refractivity contribution in [1.29, 1.82) is 0 Å². The van der Waals surface area contributed by atoms with Crippen molar-refractivity contribution in [3.8, 4) is 16.9 Å². The average molecular weight is 245 g/mol. The predicted octanol–water partition coefficient (Wildman–Crippen LogP) is 3.10. The molecule has 0 atom stereocenters. The molecule has 0 aliphatic carbocycles. The van der Waals surface area contributed by atoms with Gasteiger partial charge in [-0.05, 0) is 19.1 Å². The average Bonchev–Trinajstić information content (AvgIpc) is 2.39. The van der Waals surface area contributed by atoms with Crippen LogP contribution in [0.25, 0.3) is 11.1 Å². The van der Waals surface area contributed by atoms with Gasteiger partial charge in [0.05, 0.1) is 12.8 Å². The first-order valence-corrected chi connectivity index (χ1v) is 5.57. The molecule has 0 unspecified atom stereocenters. The summed E-state index contributed by atoms with van der Waals surface area (Å²) in [6.07, 6.45) is 3.74. The Morgan fingerprint density at radius 1 is 1.33 bits per heavy atom. The second kappa shape index (κ2) is 5.40. The van der Waals surface area contributed by atoms with Gasteiger partial charge in [0.2, 0.25) is 0 Å². The number of rotatable bonds is 4. The molecule has 0 aliphatic heterocycles. The number of benzene rings is 1. The molecule has 1 aromatic heterocycles. The third kappa shape index (κ3) is 2.53. The summed E-state index contributed by atoms with van der Waals surface area (Å²) in [5.74, 6) is 0.143. The van der Waals surface area contributed by atoms with Crippen LogP contribution in [0.4, 0.5) is 4.39 Å². The minimum atomic E-state index is -0.449. The molecule has 1 heterocycles. The zero-order valence-electron chi connectivity index (χ0n) is 9.89. The van der Waals surface area contributed by atoms with E-state index in [9.17, 15) is 9.18 Å². The highest BCUT2D eigenvalue weighted by atomic mass is 19.1. The molecule has 92 valence electrons. The van der Waals surface area contributed by atoms with Crippen molar-refractivity contribution in [1.82, 2.24) is 4.98 Å². The van der Waals surface area contributed by atoms with E-state index in [1.807, 2.05) is 6.92 Å². The molecule has 0 spiro atoms. The van der Waals surface area contributed by atoms with E-state index in [4.69, 9.17) is 4.74 Å². The van der Waals surface area contributed by atoms with Crippen LogP contribution in [0.5, 0.6) is 5.75 Å². The quantitative estimate of drug-likeness (QED) is 0.777. The molecule has 4 heteroatoms. The monoisotopic (exact) mass is 245 g/mol. The number of nitrogens with zero attached hydrogens (tertiary/aromatic N) is 1. The van der Waals surface area contributed by atoms with Gasteiger partial charge in [-0.3, -0.25) is 9.78 Å². The highest BCUT2D eigenvalue weighted by Crippen LogP contribution is 2.25. The smallest absolute Gasteiger partial charge is 0.150 e. The molecule has 0 radical (unpaired) electrons. The summed E-state index contributed by atoms with van der Waals surface area (Å²) in [5, 5.41) is 0. The van der Waals surface area contributed by atoms with Gasteiger partial charge in [0.15, 0.2) is 0 Å². The van der Waals surface area contributed by atoms with Gasteiger partial charge in [-0.25, -0.2) is 4.39 Å². The molecule has 2 aromatic rings. The maximum Gasteiger partial charge on any atom is 0.150 e. The maximum absolute atomic E-state index is 13.8. The van der Waals surface area contributed by atoms with Gasteiger partial charge in [-0.1, -0.05) is 12.1 Å². The highest BCUT2D eigenvalue weighted by Gasteiger charge is 2.07. The number of halogens is 1. The van der Waals surface area contributed by atoms with Crippen LogP contribution < -0.4 is 4.74 Å². The van der Waals surface area contributed by atoms with E-state index in [1.54, 1.807) is 30.6 Å². The van der Waals surface area contributed by atoms with Gasteiger partial charge in [0.1, 0.15) is 17.9 Å². The summed E-state index contributed by atoms with van der Waals surface area (Å²) in [7, 11) is 0. The van der Waals surface area contributed by atoms with Crippen molar-refractivity contribution in [2.75, 3.05) is 6.61 Å². The van der Waals surface area contributed by atoms with E-state index < -0.39 is 5.82 Å². The zero-order valence-corrected chi connectivity index (χ0v) is 9.89. The Balaban J connectivity index is 2.41. The summed E-state index contributed by atoms with van der Waals surface area (Å²) >= 11 is 0. The fourth-order valence-electron chi connectivity index (χ4n) is 1.65. The number of pyridine rings is 1. The fraction of sp³-hybridized carbons (Fsp3) is 0.143. The second-order valence-corrected chi connectivity index (χ2v) is 3.70. The molecule has 0 saturated carbocycles. The normalized spacial score (nSPS) is 10.1. The van der Waals surface area contributed by atoms with Crippen molar-refractivity contribution < 1.29 is 13.9 Å². The second-order valence-electron chi connectivity index (χ2n) is 3.70. The van der Waals surface area contributed by atoms with E-state index in [0.717, 1.165) is 0 Å². The first-order valence-electron chi connectivity index (χ1n) is 5.57. The Morgan fingerprint density at radius 3 is 2.83 bits per heavy atom. The third-order valence-corrected chi connectivity index (χ3v) is 2.46. The standard InChI is InChI=1S/C14H12FNO2/c1-2-18-12-6-11(7-16-8-12)13-4-3-10(9-17)5-14(13)15/h3-9H,2H2,1H3. The molecule has 0 aliphatic rings. The molecule has 3 nitrogen and oxygen atoms in total. The number of aromatic nitrogens is 1. The number of aldehydes is 1. The summed E-state index contributed by atoms with van der Waals surface area (Å²) in [6.45, 7) is 2.39. The Labute approximate surface area is 104 Å². The first kappa shape index (κ1) is 12.2. The van der Waals surface area contributed by atoms with Crippen molar-refractivity contribution in [2.24, 2.45) is 0 Å². The molecule has 0 N–H and O–H groups in total. The lowest BCUT2D eigenvalue weighted by Crippen LogP contribution is -1.94. The van der Waals surface area contributed by atoms with Crippen LogP contribution in [-0.2, 0) is 0 Å². The molecule has 0 bridgehead atoms. The molecule has 0 saturated heterocycles. The van der Waals surface area contributed by atoms with Crippen LogP contribution >= 0.6 is 0 Å². The Morgan fingerprint density at radius 2 is 2.17 bits per heavy atom. The SMILES string of the molecule is CCOc1cncc(-c2ccc(C=O)cc2F)c1. The van der Waals surface area contributed by atoms with E-state index in [2.05, 4.69) is 4.98 Å². The lowest BCUT2D eigenvalue weighted by atomic mass is 10.1. The van der Waals surface area contributed by atoms with Gasteiger partial charge in [0.25, 0.3) is 0 Å². The molecule has 2 rings (SSSR count). The Hall–Kier alpha value is -2.23. The van der Waals surface area contributed by atoms with Crippen LogP contribution in [-0.4, -0.2) is 17.9 Å². The number of carbonyl (C=O) groups excluding carboxylic acids is 1. The van der Waals surface area contributed by atoms with E-state index >= 15 is 0 Å². The van der Waals surface area contributed by atoms with Gasteiger partial charge >= 0.3 is 0 Å². The fourth-order valence-corrected chi connectivity index (χ4v) is 1.65. The zero-order chi connectivity index (χ0) is 13.0. The van der Waals surface area contributed by atoms with Gasteiger partial charge in [-0.15, -0.1) is 0 Å². The van der Waals surface area contributed by atoms with Crippen molar-refractivity contribution in [3.05, 3.63) is 48.0 Å². The summed E-state index contributed by atoms with van der Waals surface area (Å²) < 4.78 is 19.1.